The summed E-state index contributed by atoms with van der Waals surface area (Å²) in [7, 11) is 0. The highest BCUT2D eigenvalue weighted by molar-refractivity contribution is 14.0. The van der Waals surface area contributed by atoms with Crippen LogP contribution >= 0.6 is 35.6 Å². The number of rotatable bonds is 3. The van der Waals surface area contributed by atoms with Crippen molar-refractivity contribution in [1.82, 2.24) is 9.80 Å². The van der Waals surface area contributed by atoms with Gasteiger partial charge in [0.05, 0.1) is 5.02 Å². The highest BCUT2D eigenvalue weighted by atomic mass is 127. The van der Waals surface area contributed by atoms with Crippen molar-refractivity contribution in [3.8, 4) is 11.5 Å². The van der Waals surface area contributed by atoms with E-state index < -0.39 is 5.60 Å². The summed E-state index contributed by atoms with van der Waals surface area (Å²) >= 11 is 6.27. The molecule has 0 aromatic heterocycles. The first-order valence-electron chi connectivity index (χ1n) is 9.84. The molecule has 168 valence electrons. The van der Waals surface area contributed by atoms with E-state index in [0.717, 1.165) is 5.56 Å². The Kier molecular flexibility index (Phi) is 8.72. The Balaban J connectivity index is 0.00000320. The summed E-state index contributed by atoms with van der Waals surface area (Å²) in [4.78, 5) is 20.3. The van der Waals surface area contributed by atoms with Crippen molar-refractivity contribution in [3.05, 3.63) is 22.7 Å². The van der Waals surface area contributed by atoms with Gasteiger partial charge in [-0.1, -0.05) is 11.6 Å². The molecule has 0 unspecified atom stereocenters. The van der Waals surface area contributed by atoms with Crippen LogP contribution in [0.15, 0.2) is 17.1 Å². The highest BCUT2D eigenvalue weighted by Gasteiger charge is 2.26. The first-order valence-corrected chi connectivity index (χ1v) is 10.2. The summed E-state index contributed by atoms with van der Waals surface area (Å²) < 4.78 is 16.6. The molecule has 0 aliphatic carbocycles. The summed E-state index contributed by atoms with van der Waals surface area (Å²) in [5, 5.41) is 0.549. The third-order valence-electron chi connectivity index (χ3n) is 4.59. The van der Waals surface area contributed by atoms with Crippen LogP contribution in [0.25, 0.3) is 0 Å². The molecule has 2 aliphatic rings. The topological polar surface area (TPSA) is 89.6 Å². The van der Waals surface area contributed by atoms with Gasteiger partial charge >= 0.3 is 6.09 Å². The minimum absolute atomic E-state index is 0. The molecule has 8 nitrogen and oxygen atoms in total. The minimum atomic E-state index is -0.495. The number of piperazine rings is 1. The summed E-state index contributed by atoms with van der Waals surface area (Å²) in [6.45, 7) is 9.53. The lowest BCUT2D eigenvalue weighted by atomic mass is 10.1. The molecular weight excluding hydrogens is 523 g/mol. The molecule has 10 heteroatoms. The lowest BCUT2D eigenvalue weighted by molar-refractivity contribution is 0.0186. The van der Waals surface area contributed by atoms with Crippen LogP contribution in [0.1, 0.15) is 26.3 Å². The largest absolute Gasteiger partial charge is 0.486 e. The maximum Gasteiger partial charge on any atom is 0.410 e. The summed E-state index contributed by atoms with van der Waals surface area (Å²) in [6.07, 6.45) is 0.401. The summed E-state index contributed by atoms with van der Waals surface area (Å²) in [6, 6.07) is 3.81. The predicted molar refractivity (Wildman–Crippen MR) is 127 cm³/mol. The number of amides is 1. The molecule has 3 rings (SSSR count). The van der Waals surface area contributed by atoms with Gasteiger partial charge in [0.1, 0.15) is 18.8 Å². The number of hydrogen-bond donors (Lipinski definition) is 1. The zero-order valence-electron chi connectivity index (χ0n) is 17.6. The fourth-order valence-electron chi connectivity index (χ4n) is 3.15. The van der Waals surface area contributed by atoms with Gasteiger partial charge in [0.2, 0.25) is 0 Å². The van der Waals surface area contributed by atoms with E-state index in [1.54, 1.807) is 4.90 Å². The first kappa shape index (κ1) is 24.6. The normalized spacial score (nSPS) is 16.7. The summed E-state index contributed by atoms with van der Waals surface area (Å²) in [5.41, 5.74) is 6.67. The molecule has 1 aromatic rings. The second kappa shape index (κ2) is 10.6. The number of hydrogen-bond acceptors (Lipinski definition) is 5. The van der Waals surface area contributed by atoms with E-state index >= 15 is 0 Å². The van der Waals surface area contributed by atoms with Crippen LogP contribution < -0.4 is 15.2 Å². The third kappa shape index (κ3) is 6.69. The number of carbonyl (C=O) groups excluding carboxylic acids is 1. The lowest BCUT2D eigenvalue weighted by Gasteiger charge is -2.36. The molecule has 1 fully saturated rings. The van der Waals surface area contributed by atoms with Crippen LogP contribution in [0.2, 0.25) is 5.02 Å². The number of carbonyl (C=O) groups is 1. The van der Waals surface area contributed by atoms with E-state index in [4.69, 9.17) is 31.5 Å². The average molecular weight is 553 g/mol. The molecule has 0 spiro atoms. The molecule has 2 N–H and O–H groups in total. The number of benzene rings is 1. The van der Waals surface area contributed by atoms with Gasteiger partial charge in [-0.3, -0.25) is 4.99 Å². The maximum atomic E-state index is 12.1. The number of fused-ring (bicyclic) bond motifs is 1. The van der Waals surface area contributed by atoms with E-state index in [0.29, 0.717) is 74.8 Å². The van der Waals surface area contributed by atoms with Gasteiger partial charge in [0.25, 0.3) is 0 Å². The van der Waals surface area contributed by atoms with Crippen molar-refractivity contribution in [2.45, 2.75) is 32.8 Å². The Hall–Kier alpha value is -1.62. The van der Waals surface area contributed by atoms with E-state index in [2.05, 4.69) is 4.99 Å². The van der Waals surface area contributed by atoms with Crippen LogP contribution in [-0.4, -0.2) is 73.4 Å². The first-order chi connectivity index (χ1) is 13.7. The number of guanidine groups is 1. The highest BCUT2D eigenvalue weighted by Crippen LogP contribution is 2.38. The van der Waals surface area contributed by atoms with Crippen LogP contribution in [0, 0.1) is 0 Å². The molecule has 1 saturated heterocycles. The molecule has 0 radical (unpaired) electrons. The summed E-state index contributed by atoms with van der Waals surface area (Å²) in [5.74, 6) is 1.76. The molecule has 2 heterocycles. The second-order valence-corrected chi connectivity index (χ2v) is 8.45. The molecule has 1 amide bonds. The van der Waals surface area contributed by atoms with Crippen molar-refractivity contribution >= 4 is 47.6 Å². The monoisotopic (exact) mass is 552 g/mol. The predicted octanol–water partition coefficient (Wildman–Crippen LogP) is 3.14. The Morgan fingerprint density at radius 3 is 2.47 bits per heavy atom. The van der Waals surface area contributed by atoms with Crippen LogP contribution in [0.5, 0.6) is 11.5 Å². The van der Waals surface area contributed by atoms with Crippen molar-refractivity contribution in [1.29, 1.82) is 0 Å². The number of ether oxygens (including phenoxy) is 3. The average Bonchev–Trinajstić information content (AvgIpc) is 2.67. The molecular formula is C20H30ClIN4O4. The SMILES string of the molecule is CC(C)(C)OC(=O)N1CCN(C(N)=NCCc2cc(Cl)c3c(c2)OCCO3)CC1.I. The van der Waals surface area contributed by atoms with Gasteiger partial charge in [-0.05, 0) is 44.9 Å². The quantitative estimate of drug-likeness (QED) is 0.352. The van der Waals surface area contributed by atoms with E-state index in [1.807, 2.05) is 37.8 Å². The van der Waals surface area contributed by atoms with Crippen LogP contribution in [0.3, 0.4) is 0 Å². The minimum Gasteiger partial charge on any atom is -0.486 e. The standard InChI is InChI=1S/C20H29ClN4O4.HI/c1-20(2,3)29-19(26)25-8-6-24(7-9-25)18(22)23-5-4-14-12-15(21)17-16(13-14)27-10-11-28-17;/h12-13H,4-11H2,1-3H3,(H2,22,23);1H. The van der Waals surface area contributed by atoms with Crippen LogP contribution in [0.4, 0.5) is 4.79 Å². The van der Waals surface area contributed by atoms with Crippen molar-refractivity contribution in [3.63, 3.8) is 0 Å². The number of halogens is 2. The third-order valence-corrected chi connectivity index (χ3v) is 4.87. The number of aliphatic imine (C=N–C) groups is 1. The van der Waals surface area contributed by atoms with E-state index in [-0.39, 0.29) is 30.1 Å². The van der Waals surface area contributed by atoms with Crippen molar-refractivity contribution < 1.29 is 19.0 Å². The van der Waals surface area contributed by atoms with E-state index in [9.17, 15) is 4.79 Å². The number of nitrogens with zero attached hydrogens (tertiary/aromatic N) is 3. The number of nitrogens with two attached hydrogens (primary N) is 1. The Labute approximate surface area is 199 Å². The van der Waals surface area contributed by atoms with Gasteiger partial charge in [0, 0.05) is 32.7 Å². The molecule has 2 aliphatic heterocycles. The fraction of sp³-hybridized carbons (Fsp3) is 0.600. The molecule has 30 heavy (non-hydrogen) atoms. The van der Waals surface area contributed by atoms with Gasteiger partial charge in [-0.2, -0.15) is 0 Å². The molecule has 0 saturated carbocycles. The lowest BCUT2D eigenvalue weighted by Crippen LogP contribution is -2.53. The van der Waals surface area contributed by atoms with Crippen molar-refractivity contribution in [2.24, 2.45) is 10.7 Å². The van der Waals surface area contributed by atoms with Gasteiger partial charge < -0.3 is 29.7 Å². The zero-order valence-corrected chi connectivity index (χ0v) is 20.7. The second-order valence-electron chi connectivity index (χ2n) is 8.05. The van der Waals surface area contributed by atoms with Gasteiger partial charge in [-0.15, -0.1) is 24.0 Å². The molecule has 0 atom stereocenters. The van der Waals surface area contributed by atoms with Gasteiger partial charge in [-0.25, -0.2) is 4.79 Å². The van der Waals surface area contributed by atoms with Gasteiger partial charge in [0.15, 0.2) is 17.5 Å². The fourth-order valence-corrected chi connectivity index (χ4v) is 3.44. The van der Waals surface area contributed by atoms with E-state index in [1.165, 1.54) is 0 Å². The molecule has 0 bridgehead atoms. The zero-order chi connectivity index (χ0) is 21.0. The smallest absolute Gasteiger partial charge is 0.410 e. The maximum absolute atomic E-state index is 12.1. The Morgan fingerprint density at radius 2 is 1.80 bits per heavy atom. The van der Waals surface area contributed by atoms with Crippen LogP contribution in [-0.2, 0) is 11.2 Å². The van der Waals surface area contributed by atoms with Crippen molar-refractivity contribution in [2.75, 3.05) is 45.9 Å². The molecule has 1 aromatic carbocycles. The Bertz CT molecular complexity index is 777. The Morgan fingerprint density at radius 1 is 1.17 bits per heavy atom.